The van der Waals surface area contributed by atoms with Gasteiger partial charge >= 0.3 is 6.03 Å². The van der Waals surface area contributed by atoms with E-state index in [9.17, 15) is 14.9 Å². The van der Waals surface area contributed by atoms with Crippen molar-refractivity contribution in [2.24, 2.45) is 0 Å². The molecule has 0 aliphatic rings. The molecule has 0 spiro atoms. The lowest BCUT2D eigenvalue weighted by atomic mass is 9.95. The van der Waals surface area contributed by atoms with Crippen LogP contribution in [0.15, 0.2) is 24.3 Å². The number of hydrogen-bond acceptors (Lipinski definition) is 4. The maximum atomic E-state index is 11.8. The highest BCUT2D eigenvalue weighted by Crippen LogP contribution is 2.14. The third kappa shape index (κ3) is 5.39. The summed E-state index contributed by atoms with van der Waals surface area (Å²) in [6.07, 6.45) is 1.16. The molecule has 7 heteroatoms. The first-order chi connectivity index (χ1) is 9.90. The van der Waals surface area contributed by atoms with Gasteiger partial charge < -0.3 is 15.7 Å². The number of carbonyl (C=O) groups is 1. The van der Waals surface area contributed by atoms with Gasteiger partial charge in [0.1, 0.15) is 0 Å². The summed E-state index contributed by atoms with van der Waals surface area (Å²) in [7, 11) is 0. The highest BCUT2D eigenvalue weighted by atomic mass is 16.6. The first-order valence-electron chi connectivity index (χ1n) is 6.80. The number of rotatable bonds is 7. The fourth-order valence-corrected chi connectivity index (χ4v) is 1.86. The van der Waals surface area contributed by atoms with Crippen molar-refractivity contribution in [3.8, 4) is 0 Å². The number of hydrogen-bond donors (Lipinski definition) is 3. The van der Waals surface area contributed by atoms with E-state index in [1.54, 1.807) is 12.1 Å². The summed E-state index contributed by atoms with van der Waals surface area (Å²) in [6.45, 7) is 3.98. The number of nitro groups is 1. The zero-order valence-corrected chi connectivity index (χ0v) is 12.3. The van der Waals surface area contributed by atoms with Crippen molar-refractivity contribution in [2.75, 3.05) is 6.61 Å². The van der Waals surface area contributed by atoms with Crippen LogP contribution in [0, 0.1) is 10.1 Å². The predicted molar refractivity (Wildman–Crippen MR) is 78.9 cm³/mol. The summed E-state index contributed by atoms with van der Waals surface area (Å²) in [4.78, 5) is 22.0. The van der Waals surface area contributed by atoms with Gasteiger partial charge in [-0.05, 0) is 25.3 Å². The molecular formula is C14H21N3O4. The number of aliphatic hydroxyl groups is 1. The van der Waals surface area contributed by atoms with Crippen molar-refractivity contribution >= 4 is 11.7 Å². The van der Waals surface area contributed by atoms with Crippen LogP contribution in [0.4, 0.5) is 10.5 Å². The van der Waals surface area contributed by atoms with E-state index in [0.29, 0.717) is 18.4 Å². The molecule has 0 saturated carbocycles. The zero-order valence-electron chi connectivity index (χ0n) is 12.3. The highest BCUT2D eigenvalue weighted by Gasteiger charge is 2.23. The summed E-state index contributed by atoms with van der Waals surface area (Å²) in [5.74, 6) is 0. The molecule has 1 unspecified atom stereocenters. The van der Waals surface area contributed by atoms with Gasteiger partial charge in [0.15, 0.2) is 0 Å². The van der Waals surface area contributed by atoms with Crippen molar-refractivity contribution in [3.05, 3.63) is 39.9 Å². The number of urea groups is 1. The van der Waals surface area contributed by atoms with E-state index in [2.05, 4.69) is 10.6 Å². The van der Waals surface area contributed by atoms with E-state index in [4.69, 9.17) is 5.11 Å². The lowest BCUT2D eigenvalue weighted by Crippen LogP contribution is -2.50. The molecule has 2 amide bonds. The average molecular weight is 295 g/mol. The molecule has 0 heterocycles. The molecule has 0 radical (unpaired) electrons. The molecular weight excluding hydrogens is 274 g/mol. The summed E-state index contributed by atoms with van der Waals surface area (Å²) >= 11 is 0. The van der Waals surface area contributed by atoms with Crippen LogP contribution >= 0.6 is 0 Å². The molecule has 0 aliphatic heterocycles. The van der Waals surface area contributed by atoms with Crippen molar-refractivity contribution in [1.29, 1.82) is 0 Å². The number of nitro benzene ring substituents is 1. The Bertz CT molecular complexity index is 507. The summed E-state index contributed by atoms with van der Waals surface area (Å²) in [5.41, 5.74) is 0.176. The molecule has 1 rings (SSSR count). The number of carbonyl (C=O) groups excluding carboxylic acids is 1. The smallest absolute Gasteiger partial charge is 0.315 e. The Kier molecular flexibility index (Phi) is 6.10. The maximum Gasteiger partial charge on any atom is 0.315 e. The Morgan fingerprint density at radius 3 is 2.76 bits per heavy atom. The number of aliphatic hydroxyl groups excluding tert-OH is 1. The van der Waals surface area contributed by atoms with Crippen LogP contribution in [-0.4, -0.2) is 28.2 Å². The average Bonchev–Trinajstić information content (AvgIpc) is 2.45. The quantitative estimate of drug-likeness (QED) is 0.528. The third-order valence-corrected chi connectivity index (χ3v) is 3.43. The Hall–Kier alpha value is -2.15. The minimum Gasteiger partial charge on any atom is -0.396 e. The van der Waals surface area contributed by atoms with Gasteiger partial charge in [-0.25, -0.2) is 4.79 Å². The fourth-order valence-electron chi connectivity index (χ4n) is 1.86. The van der Waals surface area contributed by atoms with Crippen molar-refractivity contribution in [3.63, 3.8) is 0 Å². The van der Waals surface area contributed by atoms with E-state index in [1.165, 1.54) is 12.1 Å². The Morgan fingerprint density at radius 2 is 2.19 bits per heavy atom. The number of nitrogens with zero attached hydrogens (tertiary/aromatic N) is 1. The molecule has 21 heavy (non-hydrogen) atoms. The topological polar surface area (TPSA) is 104 Å². The molecule has 0 bridgehead atoms. The monoisotopic (exact) mass is 295 g/mol. The molecule has 116 valence electrons. The van der Waals surface area contributed by atoms with E-state index in [1.807, 2.05) is 13.8 Å². The van der Waals surface area contributed by atoms with Crippen LogP contribution < -0.4 is 10.6 Å². The Labute approximate surface area is 123 Å². The molecule has 0 aliphatic carbocycles. The maximum absolute atomic E-state index is 11.8. The lowest BCUT2D eigenvalue weighted by molar-refractivity contribution is -0.384. The van der Waals surface area contributed by atoms with Gasteiger partial charge in [0.25, 0.3) is 5.69 Å². The molecule has 7 nitrogen and oxygen atoms in total. The van der Waals surface area contributed by atoms with Crippen molar-refractivity contribution < 1.29 is 14.8 Å². The summed E-state index contributed by atoms with van der Waals surface area (Å²) in [5, 5.41) is 25.1. The number of nitrogens with one attached hydrogen (secondary N) is 2. The van der Waals surface area contributed by atoms with Gasteiger partial charge in [-0.3, -0.25) is 10.1 Å². The van der Waals surface area contributed by atoms with Crippen LogP contribution in [0.3, 0.4) is 0 Å². The van der Waals surface area contributed by atoms with E-state index >= 15 is 0 Å². The largest absolute Gasteiger partial charge is 0.396 e. The molecule has 3 N–H and O–H groups in total. The molecule has 1 aromatic carbocycles. The second-order valence-electron chi connectivity index (χ2n) is 5.12. The van der Waals surface area contributed by atoms with Crippen LogP contribution in [0.1, 0.15) is 32.3 Å². The second kappa shape index (κ2) is 7.58. The normalized spacial score (nSPS) is 13.3. The molecule has 0 saturated heterocycles. The lowest BCUT2D eigenvalue weighted by Gasteiger charge is -2.29. The number of non-ortho nitro benzene ring substituents is 1. The minimum atomic E-state index is -0.473. The molecule has 1 aromatic rings. The van der Waals surface area contributed by atoms with E-state index in [0.717, 1.165) is 0 Å². The zero-order chi connectivity index (χ0) is 15.9. The van der Waals surface area contributed by atoms with Gasteiger partial charge in [-0.1, -0.05) is 19.1 Å². The van der Waals surface area contributed by atoms with Gasteiger partial charge in [-0.2, -0.15) is 0 Å². The molecule has 0 aromatic heterocycles. The van der Waals surface area contributed by atoms with Crippen LogP contribution in [0.25, 0.3) is 0 Å². The van der Waals surface area contributed by atoms with Crippen LogP contribution in [0.5, 0.6) is 0 Å². The first-order valence-corrected chi connectivity index (χ1v) is 6.80. The Morgan fingerprint density at radius 1 is 1.48 bits per heavy atom. The van der Waals surface area contributed by atoms with Crippen molar-refractivity contribution in [2.45, 2.75) is 38.8 Å². The Balaban J connectivity index is 2.57. The van der Waals surface area contributed by atoms with E-state index in [-0.39, 0.29) is 24.9 Å². The number of benzene rings is 1. The van der Waals surface area contributed by atoms with Gasteiger partial charge in [0.05, 0.1) is 4.92 Å². The van der Waals surface area contributed by atoms with Crippen molar-refractivity contribution in [1.82, 2.24) is 10.6 Å². The van der Waals surface area contributed by atoms with E-state index < -0.39 is 10.5 Å². The number of amides is 2. The summed E-state index contributed by atoms with van der Waals surface area (Å²) < 4.78 is 0. The minimum absolute atomic E-state index is 0.00446. The molecule has 1 atom stereocenters. The molecule has 0 fully saturated rings. The van der Waals surface area contributed by atoms with Gasteiger partial charge in [0, 0.05) is 30.8 Å². The van der Waals surface area contributed by atoms with Crippen LogP contribution in [0.2, 0.25) is 0 Å². The fraction of sp³-hybridized carbons (Fsp3) is 0.500. The third-order valence-electron chi connectivity index (χ3n) is 3.43. The second-order valence-corrected chi connectivity index (χ2v) is 5.12. The summed E-state index contributed by atoms with van der Waals surface area (Å²) in [6, 6.07) is 5.75. The SMILES string of the molecule is CCC(C)(CCO)NC(=O)NCc1cccc([N+](=O)[O-])c1. The first kappa shape index (κ1) is 16.9. The predicted octanol–water partition coefficient (Wildman–Crippen LogP) is 1.95. The van der Waals surface area contributed by atoms with Gasteiger partial charge in [0.2, 0.25) is 0 Å². The van der Waals surface area contributed by atoms with Gasteiger partial charge in [-0.15, -0.1) is 0 Å². The van der Waals surface area contributed by atoms with Crippen LogP contribution in [-0.2, 0) is 6.54 Å². The standard InChI is InChI=1S/C14H21N3O4/c1-3-14(2,7-8-18)16-13(19)15-10-11-5-4-6-12(9-11)17(20)21/h4-6,9,18H,3,7-8,10H2,1-2H3,(H2,15,16,19). The highest BCUT2D eigenvalue weighted by molar-refractivity contribution is 5.74.